The highest BCUT2D eigenvalue weighted by molar-refractivity contribution is 7.09. The number of thiazole rings is 1. The number of hydrogen-bond acceptors (Lipinski definition) is 4. The van der Waals surface area contributed by atoms with Crippen molar-refractivity contribution >= 4 is 28.8 Å². The predicted molar refractivity (Wildman–Crippen MR) is 76.5 cm³/mol. The first-order valence-corrected chi connectivity index (χ1v) is 7.27. The molecule has 0 aliphatic heterocycles. The molecule has 1 N–H and O–H groups in total. The van der Waals surface area contributed by atoms with Gasteiger partial charge in [-0.15, -0.1) is 11.3 Å². The van der Waals surface area contributed by atoms with Crippen molar-refractivity contribution in [2.24, 2.45) is 0 Å². The summed E-state index contributed by atoms with van der Waals surface area (Å²) < 4.78 is 0. The van der Waals surface area contributed by atoms with Crippen LogP contribution in [0, 0.1) is 0 Å². The second-order valence-corrected chi connectivity index (χ2v) is 5.43. The number of aryl methyl sites for hydroxylation is 1. The minimum Gasteiger partial charge on any atom is -0.347 e. The molecule has 19 heavy (non-hydrogen) atoms. The fraction of sp³-hybridized carbons (Fsp3) is 0.308. The van der Waals surface area contributed by atoms with Gasteiger partial charge in [0.1, 0.15) is 5.15 Å². The van der Waals surface area contributed by atoms with Gasteiger partial charge in [0.2, 0.25) is 0 Å². The van der Waals surface area contributed by atoms with Gasteiger partial charge in [0, 0.05) is 22.3 Å². The van der Waals surface area contributed by atoms with E-state index in [0.717, 1.165) is 23.4 Å². The summed E-state index contributed by atoms with van der Waals surface area (Å²) in [6.45, 7) is 2.54. The van der Waals surface area contributed by atoms with Crippen molar-refractivity contribution in [1.82, 2.24) is 15.3 Å². The SMILES string of the molecule is CCCc1cc(C(=O)NCc2cncs2)cc(Cl)n1. The van der Waals surface area contributed by atoms with Gasteiger partial charge in [0.25, 0.3) is 5.91 Å². The summed E-state index contributed by atoms with van der Waals surface area (Å²) in [5, 5.41) is 3.20. The van der Waals surface area contributed by atoms with Crippen LogP contribution in [-0.2, 0) is 13.0 Å². The van der Waals surface area contributed by atoms with Gasteiger partial charge in [0.15, 0.2) is 0 Å². The van der Waals surface area contributed by atoms with Gasteiger partial charge < -0.3 is 5.32 Å². The Morgan fingerprint density at radius 1 is 1.47 bits per heavy atom. The minimum absolute atomic E-state index is 0.143. The number of pyridine rings is 1. The van der Waals surface area contributed by atoms with Crippen LogP contribution >= 0.6 is 22.9 Å². The third-order valence-corrected chi connectivity index (χ3v) is 3.50. The van der Waals surface area contributed by atoms with E-state index in [1.807, 2.05) is 0 Å². The van der Waals surface area contributed by atoms with Crippen LogP contribution in [0.2, 0.25) is 5.15 Å². The van der Waals surface area contributed by atoms with Gasteiger partial charge in [-0.25, -0.2) is 4.98 Å². The van der Waals surface area contributed by atoms with Crippen LogP contribution in [0.4, 0.5) is 0 Å². The monoisotopic (exact) mass is 295 g/mol. The highest BCUT2D eigenvalue weighted by Gasteiger charge is 2.09. The second kappa shape index (κ2) is 6.63. The molecule has 0 aliphatic rings. The summed E-state index contributed by atoms with van der Waals surface area (Å²) in [7, 11) is 0. The number of halogens is 1. The van der Waals surface area contributed by atoms with E-state index in [2.05, 4.69) is 22.2 Å². The van der Waals surface area contributed by atoms with Gasteiger partial charge in [-0.2, -0.15) is 0 Å². The quantitative estimate of drug-likeness (QED) is 0.863. The molecule has 0 saturated carbocycles. The first-order chi connectivity index (χ1) is 9.19. The Hall–Kier alpha value is -1.46. The molecule has 4 nitrogen and oxygen atoms in total. The molecule has 100 valence electrons. The number of amides is 1. The van der Waals surface area contributed by atoms with Crippen LogP contribution < -0.4 is 5.32 Å². The molecule has 0 aliphatic carbocycles. The lowest BCUT2D eigenvalue weighted by Gasteiger charge is -2.06. The molecule has 1 amide bonds. The number of nitrogens with zero attached hydrogens (tertiary/aromatic N) is 2. The third-order valence-electron chi connectivity index (χ3n) is 2.52. The molecule has 6 heteroatoms. The molecule has 0 radical (unpaired) electrons. The van der Waals surface area contributed by atoms with Crippen LogP contribution in [0.3, 0.4) is 0 Å². The normalized spacial score (nSPS) is 10.4. The summed E-state index contributed by atoms with van der Waals surface area (Å²) in [6.07, 6.45) is 3.53. The van der Waals surface area contributed by atoms with E-state index in [1.54, 1.807) is 23.8 Å². The van der Waals surface area contributed by atoms with Crippen LogP contribution in [0.15, 0.2) is 23.8 Å². The molecule has 2 heterocycles. The predicted octanol–water partition coefficient (Wildman–Crippen LogP) is 3.07. The molecule has 2 aromatic heterocycles. The lowest BCUT2D eigenvalue weighted by molar-refractivity contribution is 0.0951. The van der Waals surface area contributed by atoms with E-state index in [-0.39, 0.29) is 5.91 Å². The van der Waals surface area contributed by atoms with Gasteiger partial charge in [-0.05, 0) is 18.6 Å². The number of aromatic nitrogens is 2. The summed E-state index contributed by atoms with van der Waals surface area (Å²) >= 11 is 7.44. The maximum Gasteiger partial charge on any atom is 0.251 e. The van der Waals surface area contributed by atoms with E-state index in [1.165, 1.54) is 11.3 Å². The molecular formula is C13H14ClN3OS. The smallest absolute Gasteiger partial charge is 0.251 e. The number of hydrogen-bond donors (Lipinski definition) is 1. The lowest BCUT2D eigenvalue weighted by atomic mass is 10.1. The number of rotatable bonds is 5. The highest BCUT2D eigenvalue weighted by atomic mass is 35.5. The molecular weight excluding hydrogens is 282 g/mol. The van der Waals surface area contributed by atoms with Crippen LogP contribution in [0.5, 0.6) is 0 Å². The Bertz CT molecular complexity index is 557. The molecule has 0 spiro atoms. The van der Waals surface area contributed by atoms with Crippen molar-refractivity contribution in [3.05, 3.63) is 45.1 Å². The molecule has 0 unspecified atom stereocenters. The number of carbonyl (C=O) groups is 1. The molecule has 2 aromatic rings. The molecule has 0 saturated heterocycles. The molecule has 0 fully saturated rings. The van der Waals surface area contributed by atoms with Gasteiger partial charge >= 0.3 is 0 Å². The fourth-order valence-electron chi connectivity index (χ4n) is 1.67. The average Bonchev–Trinajstić information content (AvgIpc) is 2.88. The van der Waals surface area contributed by atoms with Crippen molar-refractivity contribution in [3.8, 4) is 0 Å². The standard InChI is InChI=1S/C13H14ClN3OS/c1-2-3-10-4-9(5-12(14)17-10)13(18)16-7-11-6-15-8-19-11/h4-6,8H,2-3,7H2,1H3,(H,16,18). The maximum absolute atomic E-state index is 12.0. The Labute approximate surface area is 120 Å². The summed E-state index contributed by atoms with van der Waals surface area (Å²) in [4.78, 5) is 21.2. The second-order valence-electron chi connectivity index (χ2n) is 4.07. The number of carbonyl (C=O) groups excluding carboxylic acids is 1. The topological polar surface area (TPSA) is 54.9 Å². The van der Waals surface area contributed by atoms with Crippen LogP contribution in [0.1, 0.15) is 34.3 Å². The zero-order chi connectivity index (χ0) is 13.7. The van der Waals surface area contributed by atoms with Crippen molar-refractivity contribution in [2.75, 3.05) is 0 Å². The molecule has 0 aromatic carbocycles. The Morgan fingerprint density at radius 2 is 2.32 bits per heavy atom. The summed E-state index contributed by atoms with van der Waals surface area (Å²) in [5.41, 5.74) is 3.13. The Balaban J connectivity index is 2.05. The maximum atomic E-state index is 12.0. The van der Waals surface area contributed by atoms with Gasteiger partial charge in [0.05, 0.1) is 12.1 Å². The van der Waals surface area contributed by atoms with E-state index < -0.39 is 0 Å². The Kier molecular flexibility index (Phi) is 4.87. The van der Waals surface area contributed by atoms with Gasteiger partial charge in [-0.3, -0.25) is 9.78 Å². The van der Waals surface area contributed by atoms with Crippen molar-refractivity contribution in [2.45, 2.75) is 26.3 Å². The molecule has 2 rings (SSSR count). The fourth-order valence-corrected chi connectivity index (χ4v) is 2.43. The molecule has 0 atom stereocenters. The first kappa shape index (κ1) is 14.0. The lowest BCUT2D eigenvalue weighted by Crippen LogP contribution is -2.22. The average molecular weight is 296 g/mol. The van der Waals surface area contributed by atoms with Gasteiger partial charge in [-0.1, -0.05) is 24.9 Å². The highest BCUT2D eigenvalue weighted by Crippen LogP contribution is 2.13. The summed E-state index contributed by atoms with van der Waals surface area (Å²) in [5.74, 6) is -0.143. The third kappa shape index (κ3) is 4.01. The largest absolute Gasteiger partial charge is 0.347 e. The zero-order valence-electron chi connectivity index (χ0n) is 10.5. The van der Waals surface area contributed by atoms with E-state index >= 15 is 0 Å². The van der Waals surface area contributed by atoms with E-state index in [0.29, 0.717) is 17.3 Å². The zero-order valence-corrected chi connectivity index (χ0v) is 12.1. The summed E-state index contributed by atoms with van der Waals surface area (Å²) in [6, 6.07) is 3.38. The van der Waals surface area contributed by atoms with E-state index in [4.69, 9.17) is 11.6 Å². The van der Waals surface area contributed by atoms with Crippen molar-refractivity contribution < 1.29 is 4.79 Å². The Morgan fingerprint density at radius 3 is 3.00 bits per heavy atom. The van der Waals surface area contributed by atoms with Crippen molar-refractivity contribution in [1.29, 1.82) is 0 Å². The van der Waals surface area contributed by atoms with Crippen molar-refractivity contribution in [3.63, 3.8) is 0 Å². The number of nitrogens with one attached hydrogen (secondary N) is 1. The van der Waals surface area contributed by atoms with E-state index in [9.17, 15) is 4.79 Å². The minimum atomic E-state index is -0.143. The molecule has 0 bridgehead atoms. The first-order valence-electron chi connectivity index (χ1n) is 6.01. The van der Waals surface area contributed by atoms with Crippen LogP contribution in [0.25, 0.3) is 0 Å². The van der Waals surface area contributed by atoms with Crippen LogP contribution in [-0.4, -0.2) is 15.9 Å².